The summed E-state index contributed by atoms with van der Waals surface area (Å²) in [4.78, 5) is 13.2. The van der Waals surface area contributed by atoms with Gasteiger partial charge < -0.3 is 19.6 Å². The molecule has 200 valence electrons. The number of amides is 1. The SMILES string of the molecule is O=C(NC12CCC(c3nnc([C@H]4C[C@@H](OC(F)(F)F)C4)o3)(CC1)CC2)[C@H]1C[C@@H](O)c2cc(Cl)ccc2O1. The molecule has 1 aromatic carbocycles. The van der Waals surface area contributed by atoms with Gasteiger partial charge in [-0.3, -0.25) is 9.53 Å². The maximum Gasteiger partial charge on any atom is 0.522 e. The topological polar surface area (TPSA) is 107 Å². The molecule has 2 N–H and O–H groups in total. The first-order valence-electron chi connectivity index (χ1n) is 12.6. The second-order valence-electron chi connectivity index (χ2n) is 10.9. The van der Waals surface area contributed by atoms with E-state index in [-0.39, 0.29) is 42.0 Å². The van der Waals surface area contributed by atoms with E-state index in [1.807, 2.05) is 0 Å². The number of carbonyl (C=O) groups is 1. The van der Waals surface area contributed by atoms with E-state index in [1.165, 1.54) is 0 Å². The minimum Gasteiger partial charge on any atom is -0.480 e. The Bertz CT molecular complexity index is 1170. The van der Waals surface area contributed by atoms with Crippen molar-refractivity contribution in [3.63, 3.8) is 0 Å². The number of ether oxygens (including phenoxy) is 2. The third-order valence-corrected chi connectivity index (χ3v) is 8.84. The van der Waals surface area contributed by atoms with Crippen molar-refractivity contribution in [3.05, 3.63) is 40.6 Å². The van der Waals surface area contributed by atoms with Crippen LogP contribution in [0.15, 0.2) is 22.6 Å². The van der Waals surface area contributed by atoms with E-state index >= 15 is 0 Å². The van der Waals surface area contributed by atoms with Crippen molar-refractivity contribution in [2.45, 2.75) is 99.3 Å². The van der Waals surface area contributed by atoms with Crippen LogP contribution >= 0.6 is 11.6 Å². The van der Waals surface area contributed by atoms with E-state index in [1.54, 1.807) is 18.2 Å². The number of alkyl halides is 3. The monoisotopic (exact) mass is 541 g/mol. The highest BCUT2D eigenvalue weighted by Crippen LogP contribution is 2.54. The van der Waals surface area contributed by atoms with Gasteiger partial charge in [-0.25, -0.2) is 0 Å². The minimum atomic E-state index is -4.64. The number of benzene rings is 1. The number of aliphatic hydroxyl groups is 1. The molecular formula is C25H27ClF3N3O5. The molecule has 0 radical (unpaired) electrons. The van der Waals surface area contributed by atoms with Crippen molar-refractivity contribution in [3.8, 4) is 5.75 Å². The van der Waals surface area contributed by atoms with Gasteiger partial charge in [0.25, 0.3) is 5.91 Å². The molecule has 8 nitrogen and oxygen atoms in total. The number of fused-ring (bicyclic) bond motifs is 4. The summed E-state index contributed by atoms with van der Waals surface area (Å²) in [6, 6.07) is 4.98. The number of hydrogen-bond donors (Lipinski definition) is 2. The molecule has 2 atom stereocenters. The quantitative estimate of drug-likeness (QED) is 0.557. The van der Waals surface area contributed by atoms with Crippen molar-refractivity contribution >= 4 is 17.5 Å². The van der Waals surface area contributed by atoms with Gasteiger partial charge in [-0.1, -0.05) is 11.6 Å². The van der Waals surface area contributed by atoms with Gasteiger partial charge >= 0.3 is 6.36 Å². The first kappa shape index (κ1) is 24.9. The van der Waals surface area contributed by atoms with Crippen molar-refractivity contribution in [2.24, 2.45) is 0 Å². The molecule has 0 unspecified atom stereocenters. The molecule has 4 fully saturated rings. The van der Waals surface area contributed by atoms with Crippen LogP contribution in [0.25, 0.3) is 0 Å². The molecule has 4 aliphatic carbocycles. The van der Waals surface area contributed by atoms with Gasteiger partial charge in [0.15, 0.2) is 6.10 Å². The highest BCUT2D eigenvalue weighted by atomic mass is 35.5. The zero-order chi connectivity index (χ0) is 26.0. The molecule has 5 aliphatic rings. The van der Waals surface area contributed by atoms with E-state index in [2.05, 4.69) is 20.3 Å². The smallest absolute Gasteiger partial charge is 0.480 e. The minimum absolute atomic E-state index is 0.153. The van der Waals surface area contributed by atoms with Crippen LogP contribution in [0.2, 0.25) is 5.02 Å². The number of nitrogens with zero attached hydrogens (tertiary/aromatic N) is 2. The van der Waals surface area contributed by atoms with Gasteiger partial charge in [-0.15, -0.1) is 23.4 Å². The fourth-order valence-corrected chi connectivity index (χ4v) is 6.46. The van der Waals surface area contributed by atoms with Crippen LogP contribution in [0, 0.1) is 0 Å². The zero-order valence-corrected chi connectivity index (χ0v) is 20.6. The summed E-state index contributed by atoms with van der Waals surface area (Å²) in [7, 11) is 0. The summed E-state index contributed by atoms with van der Waals surface area (Å²) in [6.45, 7) is 0. The Morgan fingerprint density at radius 1 is 1.11 bits per heavy atom. The van der Waals surface area contributed by atoms with E-state index in [0.717, 1.165) is 38.5 Å². The van der Waals surface area contributed by atoms with Crippen LogP contribution in [0.5, 0.6) is 5.75 Å². The molecule has 2 heterocycles. The Hall–Kier alpha value is -2.37. The molecule has 2 aromatic rings. The predicted molar refractivity (Wildman–Crippen MR) is 123 cm³/mol. The predicted octanol–water partition coefficient (Wildman–Crippen LogP) is 4.85. The number of hydrogen-bond acceptors (Lipinski definition) is 7. The van der Waals surface area contributed by atoms with E-state index in [4.69, 9.17) is 20.8 Å². The van der Waals surface area contributed by atoms with Gasteiger partial charge in [-0.05, 0) is 69.6 Å². The molecule has 7 rings (SSSR count). The largest absolute Gasteiger partial charge is 0.522 e. The van der Waals surface area contributed by atoms with Crippen LogP contribution in [-0.2, 0) is 14.9 Å². The summed E-state index contributed by atoms with van der Waals surface area (Å²) in [5.74, 6) is 0.910. The third kappa shape index (κ3) is 4.70. The Kier molecular flexibility index (Phi) is 5.96. The maximum absolute atomic E-state index is 13.2. The summed E-state index contributed by atoms with van der Waals surface area (Å²) in [5.41, 5.74) is -0.0510. The number of rotatable bonds is 5. The van der Waals surface area contributed by atoms with Crippen LogP contribution in [0.3, 0.4) is 0 Å². The molecule has 4 saturated carbocycles. The van der Waals surface area contributed by atoms with Gasteiger partial charge in [-0.2, -0.15) is 0 Å². The highest BCUT2D eigenvalue weighted by molar-refractivity contribution is 6.30. The Labute approximate surface area is 215 Å². The zero-order valence-electron chi connectivity index (χ0n) is 19.9. The lowest BCUT2D eigenvalue weighted by molar-refractivity contribution is -0.352. The molecule has 2 bridgehead atoms. The third-order valence-electron chi connectivity index (χ3n) is 8.60. The number of halogens is 4. The Morgan fingerprint density at radius 2 is 1.81 bits per heavy atom. The van der Waals surface area contributed by atoms with Gasteiger partial charge in [0, 0.05) is 33.9 Å². The maximum atomic E-state index is 13.2. The number of aromatic nitrogens is 2. The number of aliphatic hydroxyl groups excluding tert-OH is 1. The standard InChI is InChI=1S/C25H27ClF3N3O5/c26-14-1-2-18-16(11-14)17(33)12-19(35-18)20(34)30-24-6-3-23(4-7-24,5-8-24)22-32-31-21(36-22)13-9-15(10-13)37-25(27,28)29/h1-2,11,13,15,17,19,33H,3-10,12H2,(H,30,34)/t13-,15+,17-,19-,23?,24?/m1/s1. The normalized spacial score (nSPS) is 34.8. The second-order valence-corrected chi connectivity index (χ2v) is 11.3. The Morgan fingerprint density at radius 3 is 2.49 bits per heavy atom. The number of carbonyl (C=O) groups excluding carboxylic acids is 1. The summed E-state index contributed by atoms with van der Waals surface area (Å²) < 4.78 is 53.1. The lowest BCUT2D eigenvalue weighted by Gasteiger charge is -2.52. The van der Waals surface area contributed by atoms with Crippen LogP contribution < -0.4 is 10.1 Å². The Balaban J connectivity index is 1.06. The van der Waals surface area contributed by atoms with Crippen LogP contribution in [-0.4, -0.2) is 45.3 Å². The first-order valence-corrected chi connectivity index (χ1v) is 13.0. The molecule has 0 spiro atoms. The lowest BCUT2D eigenvalue weighted by atomic mass is 9.57. The lowest BCUT2D eigenvalue weighted by Crippen LogP contribution is -2.60. The van der Waals surface area contributed by atoms with Crippen molar-refractivity contribution in [1.29, 1.82) is 0 Å². The van der Waals surface area contributed by atoms with Crippen molar-refractivity contribution in [2.75, 3.05) is 0 Å². The molecule has 1 aromatic heterocycles. The highest BCUT2D eigenvalue weighted by Gasteiger charge is 2.53. The van der Waals surface area contributed by atoms with E-state index in [0.29, 0.717) is 28.1 Å². The molecular weight excluding hydrogens is 515 g/mol. The summed E-state index contributed by atoms with van der Waals surface area (Å²) in [5, 5.41) is 22.7. The number of nitrogens with one attached hydrogen (secondary N) is 1. The van der Waals surface area contributed by atoms with Crippen LogP contribution in [0.1, 0.15) is 87.2 Å². The summed E-state index contributed by atoms with van der Waals surface area (Å²) >= 11 is 6.02. The van der Waals surface area contributed by atoms with Gasteiger partial charge in [0.2, 0.25) is 11.8 Å². The fourth-order valence-electron chi connectivity index (χ4n) is 6.28. The van der Waals surface area contributed by atoms with E-state index < -0.39 is 24.7 Å². The molecule has 0 saturated heterocycles. The van der Waals surface area contributed by atoms with Gasteiger partial charge in [0.1, 0.15) is 5.75 Å². The van der Waals surface area contributed by atoms with E-state index in [9.17, 15) is 23.1 Å². The van der Waals surface area contributed by atoms with Crippen molar-refractivity contribution in [1.82, 2.24) is 15.5 Å². The second kappa shape index (κ2) is 8.84. The molecule has 1 amide bonds. The fraction of sp³-hybridized carbons (Fsp3) is 0.640. The molecule has 12 heteroatoms. The summed E-state index contributed by atoms with van der Waals surface area (Å²) in [6.07, 6.45) is -2.07. The van der Waals surface area contributed by atoms with Crippen LogP contribution in [0.4, 0.5) is 13.2 Å². The first-order chi connectivity index (χ1) is 17.5. The van der Waals surface area contributed by atoms with Crippen molar-refractivity contribution < 1.29 is 37.0 Å². The molecule has 1 aliphatic heterocycles. The van der Waals surface area contributed by atoms with Gasteiger partial charge in [0.05, 0.1) is 12.2 Å². The average molecular weight is 542 g/mol. The average Bonchev–Trinajstić information content (AvgIpc) is 3.32. The molecule has 37 heavy (non-hydrogen) atoms.